The van der Waals surface area contributed by atoms with Gasteiger partial charge in [0.15, 0.2) is 11.5 Å². The summed E-state index contributed by atoms with van der Waals surface area (Å²) in [5.41, 5.74) is 5.56. The molecule has 2 aromatic rings. The van der Waals surface area contributed by atoms with E-state index >= 15 is 0 Å². The van der Waals surface area contributed by atoms with Crippen molar-refractivity contribution in [2.45, 2.75) is 12.8 Å². The smallest absolute Gasteiger partial charge is 0.163 e. The van der Waals surface area contributed by atoms with E-state index < -0.39 is 0 Å². The van der Waals surface area contributed by atoms with E-state index in [2.05, 4.69) is 22.8 Å². The van der Waals surface area contributed by atoms with E-state index in [0.717, 1.165) is 41.9 Å². The second-order valence-corrected chi connectivity index (χ2v) is 6.83. The van der Waals surface area contributed by atoms with Crippen molar-refractivity contribution in [2.75, 3.05) is 20.8 Å². The number of nitrogens with zero attached hydrogens (tertiary/aromatic N) is 2. The van der Waals surface area contributed by atoms with Gasteiger partial charge < -0.3 is 19.1 Å². The summed E-state index contributed by atoms with van der Waals surface area (Å²) in [4.78, 5) is 4.82. The SMILES string of the molecule is COC1=C(O)C2=Cn3c4c(c5ccc(OC)cc53)CCN=C4CC2C=C1. The molecule has 0 saturated heterocycles. The fourth-order valence-corrected chi connectivity index (χ4v) is 4.28. The van der Waals surface area contributed by atoms with Crippen LogP contribution in [0.25, 0.3) is 17.1 Å². The molecule has 3 aliphatic rings. The molecule has 1 N–H and O–H groups in total. The van der Waals surface area contributed by atoms with Crippen LogP contribution in [-0.4, -0.2) is 36.1 Å². The minimum Gasteiger partial charge on any atom is -0.504 e. The molecule has 0 radical (unpaired) electrons. The van der Waals surface area contributed by atoms with Crippen molar-refractivity contribution in [1.29, 1.82) is 0 Å². The highest BCUT2D eigenvalue weighted by Gasteiger charge is 2.32. The predicted molar refractivity (Wildman–Crippen MR) is 102 cm³/mol. The lowest BCUT2D eigenvalue weighted by Gasteiger charge is -2.21. The molecular formula is C21H20N2O3. The molecule has 1 aromatic heterocycles. The van der Waals surface area contributed by atoms with Crippen molar-refractivity contribution in [3.05, 3.63) is 58.7 Å². The van der Waals surface area contributed by atoms with Gasteiger partial charge in [0.05, 0.1) is 31.1 Å². The quantitative estimate of drug-likeness (QED) is 0.897. The fourth-order valence-electron chi connectivity index (χ4n) is 4.28. The van der Waals surface area contributed by atoms with E-state index in [1.165, 1.54) is 16.6 Å². The van der Waals surface area contributed by atoms with Crippen LogP contribution in [0.15, 0.2) is 52.4 Å². The minimum absolute atomic E-state index is 0.0964. The van der Waals surface area contributed by atoms with Gasteiger partial charge in [-0.25, -0.2) is 0 Å². The Morgan fingerprint density at radius 2 is 2.12 bits per heavy atom. The molecule has 0 spiro atoms. The number of rotatable bonds is 2. The summed E-state index contributed by atoms with van der Waals surface area (Å²) >= 11 is 0. The van der Waals surface area contributed by atoms with Gasteiger partial charge in [0.25, 0.3) is 0 Å². The number of aromatic nitrogens is 1. The average Bonchev–Trinajstić information content (AvgIpc) is 2.87. The van der Waals surface area contributed by atoms with Crippen LogP contribution in [-0.2, 0) is 11.2 Å². The number of aliphatic hydroxyl groups is 1. The van der Waals surface area contributed by atoms with E-state index in [1.807, 2.05) is 18.3 Å². The maximum absolute atomic E-state index is 10.7. The van der Waals surface area contributed by atoms with Crippen LogP contribution in [0.1, 0.15) is 17.7 Å². The summed E-state index contributed by atoms with van der Waals surface area (Å²) < 4.78 is 12.9. The van der Waals surface area contributed by atoms with E-state index in [4.69, 9.17) is 14.5 Å². The van der Waals surface area contributed by atoms with E-state index in [1.54, 1.807) is 14.2 Å². The first kappa shape index (κ1) is 15.3. The highest BCUT2D eigenvalue weighted by molar-refractivity contribution is 6.09. The van der Waals surface area contributed by atoms with Gasteiger partial charge in [-0.2, -0.15) is 0 Å². The Balaban J connectivity index is 1.83. The fraction of sp³-hybridized carbons (Fsp3) is 0.286. The Bertz CT molecular complexity index is 1050. The Labute approximate surface area is 151 Å². The van der Waals surface area contributed by atoms with Crippen molar-refractivity contribution < 1.29 is 14.6 Å². The lowest BCUT2D eigenvalue weighted by molar-refractivity contribution is 0.267. The largest absolute Gasteiger partial charge is 0.504 e. The summed E-state index contributed by atoms with van der Waals surface area (Å²) in [6, 6.07) is 6.18. The Morgan fingerprint density at radius 1 is 1.23 bits per heavy atom. The molecule has 0 fully saturated rings. The van der Waals surface area contributed by atoms with Crippen LogP contribution in [0.2, 0.25) is 0 Å². The number of methoxy groups -OCH3 is 2. The van der Waals surface area contributed by atoms with Crippen LogP contribution in [0.3, 0.4) is 0 Å². The van der Waals surface area contributed by atoms with Crippen LogP contribution >= 0.6 is 0 Å². The van der Waals surface area contributed by atoms with Gasteiger partial charge in [-0.15, -0.1) is 0 Å². The molecule has 5 heteroatoms. The number of hydrogen-bond donors (Lipinski definition) is 1. The molecule has 5 nitrogen and oxygen atoms in total. The highest BCUT2D eigenvalue weighted by Crippen LogP contribution is 2.40. The van der Waals surface area contributed by atoms with Crippen LogP contribution in [0.5, 0.6) is 5.75 Å². The molecule has 1 unspecified atom stereocenters. The highest BCUT2D eigenvalue weighted by atomic mass is 16.5. The molecule has 1 aromatic carbocycles. The molecule has 1 atom stereocenters. The van der Waals surface area contributed by atoms with Crippen molar-refractivity contribution in [3.8, 4) is 5.75 Å². The minimum atomic E-state index is 0.0964. The summed E-state index contributed by atoms with van der Waals surface area (Å²) in [5, 5.41) is 12.0. The van der Waals surface area contributed by atoms with Crippen molar-refractivity contribution in [3.63, 3.8) is 0 Å². The van der Waals surface area contributed by atoms with Crippen LogP contribution in [0, 0.1) is 5.92 Å². The first-order chi connectivity index (χ1) is 12.7. The lowest BCUT2D eigenvalue weighted by atomic mass is 9.87. The number of ether oxygens (including phenoxy) is 2. The van der Waals surface area contributed by atoms with Crippen molar-refractivity contribution in [1.82, 2.24) is 4.57 Å². The van der Waals surface area contributed by atoms with Crippen molar-refractivity contribution in [2.24, 2.45) is 10.9 Å². The summed E-state index contributed by atoms with van der Waals surface area (Å²) in [6.07, 6.45) is 7.70. The molecule has 0 saturated carbocycles. The van der Waals surface area contributed by atoms with Gasteiger partial charge in [0, 0.05) is 42.1 Å². The molecule has 1 aliphatic carbocycles. The topological polar surface area (TPSA) is 56.0 Å². The average molecular weight is 348 g/mol. The summed E-state index contributed by atoms with van der Waals surface area (Å²) in [5.74, 6) is 1.62. The lowest BCUT2D eigenvalue weighted by Crippen LogP contribution is -2.17. The third kappa shape index (κ3) is 2.00. The number of hydrogen-bond acceptors (Lipinski definition) is 4. The Morgan fingerprint density at radius 3 is 2.92 bits per heavy atom. The molecular weight excluding hydrogens is 328 g/mol. The number of benzene rings is 1. The first-order valence-corrected chi connectivity index (χ1v) is 8.83. The van der Waals surface area contributed by atoms with Gasteiger partial charge in [0.1, 0.15) is 5.75 Å². The molecule has 0 amide bonds. The maximum atomic E-state index is 10.7. The molecule has 3 heterocycles. The molecule has 132 valence electrons. The molecule has 26 heavy (non-hydrogen) atoms. The normalized spacial score (nSPS) is 20.9. The van der Waals surface area contributed by atoms with Gasteiger partial charge in [-0.05, 0) is 30.2 Å². The summed E-state index contributed by atoms with van der Waals surface area (Å²) in [6.45, 7) is 0.810. The van der Waals surface area contributed by atoms with E-state index in [-0.39, 0.29) is 11.7 Å². The number of aliphatic hydroxyl groups excluding tert-OH is 1. The first-order valence-electron chi connectivity index (χ1n) is 8.83. The van der Waals surface area contributed by atoms with Gasteiger partial charge in [-0.3, -0.25) is 4.99 Å². The van der Waals surface area contributed by atoms with Crippen molar-refractivity contribution >= 4 is 22.8 Å². The zero-order chi connectivity index (χ0) is 17.8. The third-order valence-electron chi connectivity index (χ3n) is 5.54. The second kappa shape index (κ2) is 5.53. The van der Waals surface area contributed by atoms with Crippen LogP contribution < -0.4 is 4.74 Å². The Kier molecular flexibility index (Phi) is 3.26. The third-order valence-corrected chi connectivity index (χ3v) is 5.54. The second-order valence-electron chi connectivity index (χ2n) is 6.83. The number of fused-ring (bicyclic) bond motifs is 4. The Hall–Kier alpha value is -2.95. The van der Waals surface area contributed by atoms with E-state index in [9.17, 15) is 5.11 Å². The molecule has 5 rings (SSSR count). The van der Waals surface area contributed by atoms with Crippen LogP contribution in [0.4, 0.5) is 0 Å². The van der Waals surface area contributed by atoms with Gasteiger partial charge in [0.2, 0.25) is 0 Å². The van der Waals surface area contributed by atoms with Gasteiger partial charge >= 0.3 is 0 Å². The predicted octanol–water partition coefficient (Wildman–Crippen LogP) is 3.84. The zero-order valence-electron chi connectivity index (χ0n) is 14.8. The number of allylic oxidation sites excluding steroid dienone is 3. The standard InChI is InChI=1S/C21H20N2O3/c1-25-13-4-5-14-15-7-8-22-17-9-12-3-6-19(26-2)21(24)16(12)11-23(20(15)17)18(14)10-13/h3-6,10-12,24H,7-9H2,1-2H3. The number of aliphatic imine (C=N–C) groups is 1. The summed E-state index contributed by atoms with van der Waals surface area (Å²) in [7, 11) is 3.26. The molecule has 0 bridgehead atoms. The maximum Gasteiger partial charge on any atom is 0.163 e. The van der Waals surface area contributed by atoms with Gasteiger partial charge in [-0.1, -0.05) is 6.08 Å². The monoisotopic (exact) mass is 348 g/mol. The zero-order valence-corrected chi connectivity index (χ0v) is 14.8. The van der Waals surface area contributed by atoms with E-state index in [0.29, 0.717) is 5.76 Å². The molecule has 2 aliphatic heterocycles.